The Kier molecular flexibility index (Phi) is 6.51. The largest absolute Gasteiger partial charge is 0.497 e. The van der Waals surface area contributed by atoms with Crippen LogP contribution >= 0.6 is 0 Å². The molecule has 0 spiro atoms. The smallest absolute Gasteiger partial charge is 0.125 e. The third-order valence-electron chi connectivity index (χ3n) is 5.05. The number of aryl methyl sites for hydroxylation is 1. The standard InChI is InChI=1S/C24H27N5O3/c1-4-9-32-21-11-19(10-20(13-21)31-3)29(7-8-30)18-5-6-22-23(12-18)27-24(15-25-22)17-14-26-28(2)16-17/h5-6,10-16,30H,4,7-9H2,1-3H3. The number of benzene rings is 2. The number of hydrogen-bond acceptors (Lipinski definition) is 7. The van der Waals surface area contributed by atoms with Crippen molar-refractivity contribution in [2.24, 2.45) is 7.05 Å². The highest BCUT2D eigenvalue weighted by Crippen LogP contribution is 2.34. The molecule has 0 atom stereocenters. The summed E-state index contributed by atoms with van der Waals surface area (Å²) in [6, 6.07) is 11.6. The average molecular weight is 434 g/mol. The van der Waals surface area contributed by atoms with E-state index in [1.54, 1.807) is 24.2 Å². The molecule has 4 aromatic rings. The second kappa shape index (κ2) is 9.65. The molecule has 0 aliphatic rings. The lowest BCUT2D eigenvalue weighted by atomic mass is 10.2. The molecule has 0 amide bonds. The normalized spacial score (nSPS) is 11.0. The summed E-state index contributed by atoms with van der Waals surface area (Å²) < 4.78 is 13.1. The number of ether oxygens (including phenoxy) is 2. The van der Waals surface area contributed by atoms with Crippen molar-refractivity contribution >= 4 is 22.4 Å². The van der Waals surface area contributed by atoms with Crippen molar-refractivity contribution in [2.45, 2.75) is 13.3 Å². The first-order valence-electron chi connectivity index (χ1n) is 10.6. The van der Waals surface area contributed by atoms with Crippen molar-refractivity contribution in [2.75, 3.05) is 31.8 Å². The molecule has 0 radical (unpaired) electrons. The van der Waals surface area contributed by atoms with Gasteiger partial charge in [0.05, 0.1) is 49.4 Å². The molecule has 1 N–H and O–H groups in total. The van der Waals surface area contributed by atoms with Crippen LogP contribution in [0.1, 0.15) is 13.3 Å². The molecule has 0 aliphatic heterocycles. The predicted octanol–water partition coefficient (Wildman–Crippen LogP) is 3.96. The monoisotopic (exact) mass is 433 g/mol. The summed E-state index contributed by atoms with van der Waals surface area (Å²) in [5, 5.41) is 14.0. The van der Waals surface area contributed by atoms with E-state index in [1.807, 2.05) is 54.5 Å². The maximum atomic E-state index is 9.76. The number of aliphatic hydroxyl groups excluding tert-OH is 1. The predicted molar refractivity (Wildman–Crippen MR) is 125 cm³/mol. The van der Waals surface area contributed by atoms with Crippen molar-refractivity contribution < 1.29 is 14.6 Å². The summed E-state index contributed by atoms with van der Waals surface area (Å²) in [6.07, 6.45) is 6.34. The number of anilines is 2. The summed E-state index contributed by atoms with van der Waals surface area (Å²) >= 11 is 0. The van der Waals surface area contributed by atoms with Crippen LogP contribution in [-0.2, 0) is 7.05 Å². The molecule has 0 bridgehead atoms. The van der Waals surface area contributed by atoms with Gasteiger partial charge in [0.2, 0.25) is 0 Å². The Morgan fingerprint density at radius 1 is 1.03 bits per heavy atom. The topological polar surface area (TPSA) is 85.5 Å². The lowest BCUT2D eigenvalue weighted by Gasteiger charge is -2.25. The maximum Gasteiger partial charge on any atom is 0.125 e. The van der Waals surface area contributed by atoms with Crippen molar-refractivity contribution in [3.8, 4) is 22.8 Å². The maximum absolute atomic E-state index is 9.76. The highest BCUT2D eigenvalue weighted by molar-refractivity contribution is 5.82. The number of aromatic nitrogens is 4. The lowest BCUT2D eigenvalue weighted by Crippen LogP contribution is -2.21. The van der Waals surface area contributed by atoms with Gasteiger partial charge in [-0.15, -0.1) is 0 Å². The Morgan fingerprint density at radius 2 is 1.88 bits per heavy atom. The van der Waals surface area contributed by atoms with Crippen LogP contribution in [0.3, 0.4) is 0 Å². The third-order valence-corrected chi connectivity index (χ3v) is 5.05. The van der Waals surface area contributed by atoms with Crippen molar-refractivity contribution in [3.05, 3.63) is 55.0 Å². The molecule has 0 saturated carbocycles. The molecule has 0 aliphatic carbocycles. The van der Waals surface area contributed by atoms with Crippen LogP contribution in [0, 0.1) is 0 Å². The molecule has 4 rings (SSSR count). The molecule has 8 nitrogen and oxygen atoms in total. The van der Waals surface area contributed by atoms with Gasteiger partial charge >= 0.3 is 0 Å². The summed E-state index contributed by atoms with van der Waals surface area (Å²) in [5.74, 6) is 1.42. The SMILES string of the molecule is CCCOc1cc(OC)cc(N(CCO)c2ccc3ncc(-c4cnn(C)c4)nc3c2)c1. The van der Waals surface area contributed by atoms with Gasteiger partial charge in [0.25, 0.3) is 0 Å². The number of hydrogen-bond donors (Lipinski definition) is 1. The van der Waals surface area contributed by atoms with Crippen LogP contribution in [0.15, 0.2) is 55.0 Å². The Morgan fingerprint density at radius 3 is 2.59 bits per heavy atom. The van der Waals surface area contributed by atoms with Gasteiger partial charge in [-0.25, -0.2) is 4.98 Å². The zero-order valence-corrected chi connectivity index (χ0v) is 18.5. The number of rotatable bonds is 9. The molecule has 2 aromatic carbocycles. The Labute approximate surface area is 187 Å². The van der Waals surface area contributed by atoms with Gasteiger partial charge in [0, 0.05) is 54.9 Å². The molecule has 166 valence electrons. The van der Waals surface area contributed by atoms with Gasteiger partial charge in [-0.1, -0.05) is 6.92 Å². The van der Waals surface area contributed by atoms with Crippen LogP contribution in [0.5, 0.6) is 11.5 Å². The van der Waals surface area contributed by atoms with Crippen LogP contribution < -0.4 is 14.4 Å². The minimum Gasteiger partial charge on any atom is -0.497 e. The van der Waals surface area contributed by atoms with Gasteiger partial charge < -0.3 is 19.5 Å². The van der Waals surface area contributed by atoms with Gasteiger partial charge in [-0.3, -0.25) is 9.67 Å². The van der Waals surface area contributed by atoms with E-state index in [1.165, 1.54) is 0 Å². The Hall–Kier alpha value is -3.65. The molecular weight excluding hydrogens is 406 g/mol. The number of nitrogens with zero attached hydrogens (tertiary/aromatic N) is 5. The van der Waals surface area contributed by atoms with Crippen LogP contribution in [-0.4, -0.2) is 51.7 Å². The second-order valence-corrected chi connectivity index (χ2v) is 7.42. The van der Waals surface area contributed by atoms with Crippen molar-refractivity contribution in [3.63, 3.8) is 0 Å². The van der Waals surface area contributed by atoms with Crippen LogP contribution in [0.4, 0.5) is 11.4 Å². The molecule has 2 aromatic heterocycles. The van der Waals surface area contributed by atoms with E-state index in [0.717, 1.165) is 45.8 Å². The summed E-state index contributed by atoms with van der Waals surface area (Å²) in [7, 11) is 3.50. The molecule has 0 fully saturated rings. The first-order valence-corrected chi connectivity index (χ1v) is 10.6. The molecule has 2 heterocycles. The van der Waals surface area contributed by atoms with Crippen molar-refractivity contribution in [1.29, 1.82) is 0 Å². The first kappa shape index (κ1) is 21.6. The number of methoxy groups -OCH3 is 1. The lowest BCUT2D eigenvalue weighted by molar-refractivity contribution is 0.305. The van der Waals surface area contributed by atoms with E-state index in [9.17, 15) is 5.11 Å². The van der Waals surface area contributed by atoms with E-state index >= 15 is 0 Å². The summed E-state index contributed by atoms with van der Waals surface area (Å²) in [5.41, 5.74) is 4.97. The minimum absolute atomic E-state index is 0.0121. The van der Waals surface area contributed by atoms with Gasteiger partial charge in [-0.05, 0) is 24.6 Å². The van der Waals surface area contributed by atoms with E-state index in [0.29, 0.717) is 18.9 Å². The van der Waals surface area contributed by atoms with Gasteiger partial charge in [0.15, 0.2) is 0 Å². The molecule has 0 saturated heterocycles. The third kappa shape index (κ3) is 4.65. The van der Waals surface area contributed by atoms with Gasteiger partial charge in [-0.2, -0.15) is 5.10 Å². The average Bonchev–Trinajstić information content (AvgIpc) is 3.26. The minimum atomic E-state index is -0.0121. The van der Waals surface area contributed by atoms with E-state index in [-0.39, 0.29) is 6.61 Å². The number of fused-ring (bicyclic) bond motifs is 1. The molecule has 8 heteroatoms. The van der Waals surface area contributed by atoms with Crippen LogP contribution in [0.2, 0.25) is 0 Å². The fraction of sp³-hybridized carbons (Fsp3) is 0.292. The van der Waals surface area contributed by atoms with Crippen LogP contribution in [0.25, 0.3) is 22.3 Å². The van der Waals surface area contributed by atoms with Crippen molar-refractivity contribution in [1.82, 2.24) is 19.7 Å². The fourth-order valence-electron chi connectivity index (χ4n) is 3.50. The molecular formula is C24H27N5O3. The highest BCUT2D eigenvalue weighted by Gasteiger charge is 2.14. The fourth-order valence-corrected chi connectivity index (χ4v) is 3.50. The van der Waals surface area contributed by atoms with E-state index in [4.69, 9.17) is 14.5 Å². The van der Waals surface area contributed by atoms with E-state index < -0.39 is 0 Å². The Bertz CT molecular complexity index is 1210. The first-order chi connectivity index (χ1) is 15.6. The zero-order valence-electron chi connectivity index (χ0n) is 18.5. The highest BCUT2D eigenvalue weighted by atomic mass is 16.5. The number of aliphatic hydroxyl groups is 1. The molecule has 0 unspecified atom stereocenters. The van der Waals surface area contributed by atoms with Gasteiger partial charge in [0.1, 0.15) is 11.5 Å². The Balaban J connectivity index is 1.75. The second-order valence-electron chi connectivity index (χ2n) is 7.42. The van der Waals surface area contributed by atoms with E-state index in [2.05, 4.69) is 17.0 Å². The summed E-state index contributed by atoms with van der Waals surface area (Å²) in [4.78, 5) is 11.4. The quantitative estimate of drug-likeness (QED) is 0.428. The molecule has 32 heavy (non-hydrogen) atoms. The zero-order chi connectivity index (χ0) is 22.5. The summed E-state index contributed by atoms with van der Waals surface area (Å²) in [6.45, 7) is 3.08.